The van der Waals surface area contributed by atoms with Crippen LogP contribution >= 0.6 is 34.7 Å². The van der Waals surface area contributed by atoms with Gasteiger partial charge >= 0.3 is 0 Å². The van der Waals surface area contributed by atoms with Gasteiger partial charge < -0.3 is 5.32 Å². The summed E-state index contributed by atoms with van der Waals surface area (Å²) in [5, 5.41) is 4.55. The smallest absolute Gasteiger partial charge is 0.263 e. The minimum atomic E-state index is -0.193. The minimum absolute atomic E-state index is 0.0474. The molecule has 142 valence electrons. The van der Waals surface area contributed by atoms with Gasteiger partial charge in [0.15, 0.2) is 5.16 Å². The molecule has 5 nitrogen and oxygen atoms in total. The second kappa shape index (κ2) is 8.04. The Balaban J connectivity index is 1.82. The molecule has 1 amide bonds. The molecule has 3 rings (SSSR count). The predicted octanol–water partition coefficient (Wildman–Crippen LogP) is 4.79. The van der Waals surface area contributed by atoms with Crippen molar-refractivity contribution in [2.24, 2.45) is 0 Å². The first-order valence-corrected chi connectivity index (χ1v) is 10.7. The lowest BCUT2D eigenvalue weighted by atomic mass is 10.2. The van der Waals surface area contributed by atoms with E-state index in [1.54, 1.807) is 16.7 Å². The number of aromatic nitrogens is 2. The standard InChI is InChI=1S/C19H20ClN3O2S2/c1-5-23-18(25)16-11(3)12(4)27-17(16)22-19(23)26-9-15(24)21-14-7-6-10(2)8-13(14)20/h6-8H,5,9H2,1-4H3,(H,21,24). The van der Waals surface area contributed by atoms with E-state index in [9.17, 15) is 9.59 Å². The number of aryl methyl sites for hydroxylation is 3. The van der Waals surface area contributed by atoms with Crippen LogP contribution < -0.4 is 10.9 Å². The first-order valence-electron chi connectivity index (χ1n) is 8.51. The van der Waals surface area contributed by atoms with Crippen molar-refractivity contribution in [3.63, 3.8) is 0 Å². The Bertz CT molecular complexity index is 1090. The molecule has 0 aliphatic carbocycles. The van der Waals surface area contributed by atoms with Crippen LogP contribution in [-0.2, 0) is 11.3 Å². The third-order valence-electron chi connectivity index (χ3n) is 4.30. The van der Waals surface area contributed by atoms with Crippen molar-refractivity contribution in [1.29, 1.82) is 0 Å². The van der Waals surface area contributed by atoms with Gasteiger partial charge in [0, 0.05) is 11.4 Å². The second-order valence-electron chi connectivity index (χ2n) is 6.23. The van der Waals surface area contributed by atoms with Crippen LogP contribution in [0.2, 0.25) is 5.02 Å². The van der Waals surface area contributed by atoms with Crippen LogP contribution in [0.5, 0.6) is 0 Å². The minimum Gasteiger partial charge on any atom is -0.324 e. The SMILES string of the molecule is CCn1c(SCC(=O)Nc2ccc(C)cc2Cl)nc2sc(C)c(C)c2c1=O. The average Bonchev–Trinajstić information content (AvgIpc) is 2.90. The van der Waals surface area contributed by atoms with Crippen molar-refractivity contribution in [1.82, 2.24) is 9.55 Å². The van der Waals surface area contributed by atoms with E-state index in [0.29, 0.717) is 27.8 Å². The fourth-order valence-electron chi connectivity index (χ4n) is 2.74. The van der Waals surface area contributed by atoms with Gasteiger partial charge in [0.1, 0.15) is 4.83 Å². The maximum Gasteiger partial charge on any atom is 0.263 e. The maximum atomic E-state index is 12.8. The Morgan fingerprint density at radius 1 is 1.33 bits per heavy atom. The fraction of sp³-hybridized carbons (Fsp3) is 0.316. The van der Waals surface area contributed by atoms with E-state index in [4.69, 9.17) is 11.6 Å². The molecular weight excluding hydrogens is 402 g/mol. The zero-order chi connectivity index (χ0) is 19.7. The largest absolute Gasteiger partial charge is 0.324 e. The molecular formula is C19H20ClN3O2S2. The van der Waals surface area contributed by atoms with Gasteiger partial charge in [-0.3, -0.25) is 14.2 Å². The van der Waals surface area contributed by atoms with Crippen LogP contribution in [0.1, 0.15) is 22.9 Å². The molecule has 8 heteroatoms. The number of rotatable bonds is 5. The van der Waals surface area contributed by atoms with Gasteiger partial charge in [0.05, 0.1) is 21.8 Å². The van der Waals surface area contributed by atoms with Crippen molar-refractivity contribution in [3.8, 4) is 0 Å². The molecule has 0 unspecified atom stereocenters. The van der Waals surface area contributed by atoms with Crippen LogP contribution in [0.15, 0.2) is 28.2 Å². The Hall–Kier alpha value is -1.83. The summed E-state index contributed by atoms with van der Waals surface area (Å²) in [5.41, 5.74) is 2.54. The molecule has 1 N–H and O–H groups in total. The molecule has 0 aliphatic heterocycles. The Kier molecular flexibility index (Phi) is 5.93. The average molecular weight is 422 g/mol. The van der Waals surface area contributed by atoms with Gasteiger partial charge in [-0.05, 0) is 51.0 Å². The van der Waals surface area contributed by atoms with Crippen LogP contribution in [0.4, 0.5) is 5.69 Å². The molecule has 0 bridgehead atoms. The number of thiophene rings is 1. The van der Waals surface area contributed by atoms with Gasteiger partial charge in [-0.2, -0.15) is 0 Å². The number of hydrogen-bond acceptors (Lipinski definition) is 5. The second-order valence-corrected chi connectivity index (χ2v) is 8.78. The highest BCUT2D eigenvalue weighted by Gasteiger charge is 2.17. The van der Waals surface area contributed by atoms with Crippen LogP contribution in [-0.4, -0.2) is 21.2 Å². The Labute approximate surface area is 170 Å². The molecule has 0 saturated heterocycles. The molecule has 2 heterocycles. The van der Waals surface area contributed by atoms with Crippen LogP contribution in [0.25, 0.3) is 10.2 Å². The molecule has 0 spiro atoms. The number of carbonyl (C=O) groups is 1. The molecule has 3 aromatic rings. The Morgan fingerprint density at radius 2 is 2.07 bits per heavy atom. The predicted molar refractivity (Wildman–Crippen MR) is 115 cm³/mol. The number of halogens is 1. The lowest BCUT2D eigenvalue weighted by Crippen LogP contribution is -2.23. The third kappa shape index (κ3) is 4.05. The van der Waals surface area contributed by atoms with Crippen molar-refractivity contribution in [2.75, 3.05) is 11.1 Å². The molecule has 0 saturated carbocycles. The van der Waals surface area contributed by atoms with E-state index in [1.807, 2.05) is 33.8 Å². The summed E-state index contributed by atoms with van der Waals surface area (Å²) in [6.45, 7) is 8.28. The van der Waals surface area contributed by atoms with Crippen LogP contribution in [0.3, 0.4) is 0 Å². The summed E-state index contributed by atoms with van der Waals surface area (Å²) in [7, 11) is 0. The molecule has 1 aromatic carbocycles. The van der Waals surface area contributed by atoms with E-state index < -0.39 is 0 Å². The normalized spacial score (nSPS) is 11.1. The number of thioether (sulfide) groups is 1. The highest BCUT2D eigenvalue weighted by molar-refractivity contribution is 7.99. The fourth-order valence-corrected chi connectivity index (χ4v) is 4.95. The monoisotopic (exact) mass is 421 g/mol. The quantitative estimate of drug-likeness (QED) is 0.475. The summed E-state index contributed by atoms with van der Waals surface area (Å²) >= 11 is 8.93. The van der Waals surface area contributed by atoms with Crippen molar-refractivity contribution >= 4 is 56.5 Å². The number of anilines is 1. The highest BCUT2D eigenvalue weighted by atomic mass is 35.5. The third-order valence-corrected chi connectivity index (χ3v) is 6.69. The number of nitrogens with zero attached hydrogens (tertiary/aromatic N) is 2. The van der Waals surface area contributed by atoms with E-state index >= 15 is 0 Å². The van der Waals surface area contributed by atoms with E-state index in [-0.39, 0.29) is 17.2 Å². The summed E-state index contributed by atoms with van der Waals surface area (Å²) in [6, 6.07) is 5.47. The number of hydrogen-bond donors (Lipinski definition) is 1. The van der Waals surface area contributed by atoms with E-state index in [0.717, 1.165) is 20.8 Å². The molecule has 0 fully saturated rings. The lowest BCUT2D eigenvalue weighted by Gasteiger charge is -2.11. The van der Waals surface area contributed by atoms with Crippen molar-refractivity contribution in [3.05, 3.63) is 49.6 Å². The first kappa shape index (κ1) is 19.9. The summed E-state index contributed by atoms with van der Waals surface area (Å²) < 4.78 is 1.62. The zero-order valence-electron chi connectivity index (χ0n) is 15.6. The summed E-state index contributed by atoms with van der Waals surface area (Å²) in [6.07, 6.45) is 0. The van der Waals surface area contributed by atoms with Gasteiger partial charge in [-0.15, -0.1) is 11.3 Å². The van der Waals surface area contributed by atoms with E-state index in [1.165, 1.54) is 23.1 Å². The number of carbonyl (C=O) groups excluding carboxylic acids is 1. The molecule has 2 aromatic heterocycles. The zero-order valence-corrected chi connectivity index (χ0v) is 17.9. The molecule has 0 atom stereocenters. The summed E-state index contributed by atoms with van der Waals surface area (Å²) in [4.78, 5) is 31.6. The van der Waals surface area contributed by atoms with Crippen LogP contribution in [0, 0.1) is 20.8 Å². The van der Waals surface area contributed by atoms with Gasteiger partial charge in [-0.1, -0.05) is 29.4 Å². The Morgan fingerprint density at radius 3 is 2.74 bits per heavy atom. The van der Waals surface area contributed by atoms with Gasteiger partial charge in [0.25, 0.3) is 5.56 Å². The highest BCUT2D eigenvalue weighted by Crippen LogP contribution is 2.28. The number of benzene rings is 1. The van der Waals surface area contributed by atoms with E-state index in [2.05, 4.69) is 10.3 Å². The molecule has 0 radical (unpaired) electrons. The molecule has 0 aliphatic rings. The topological polar surface area (TPSA) is 64.0 Å². The van der Waals surface area contributed by atoms with Gasteiger partial charge in [0.2, 0.25) is 5.91 Å². The lowest BCUT2D eigenvalue weighted by molar-refractivity contribution is -0.113. The van der Waals surface area contributed by atoms with Crippen molar-refractivity contribution < 1.29 is 4.79 Å². The number of amides is 1. The van der Waals surface area contributed by atoms with Crippen molar-refractivity contribution in [2.45, 2.75) is 39.4 Å². The maximum absolute atomic E-state index is 12.8. The first-order chi connectivity index (χ1) is 12.8. The van der Waals surface area contributed by atoms with Gasteiger partial charge in [-0.25, -0.2) is 4.98 Å². The number of nitrogens with one attached hydrogen (secondary N) is 1. The summed E-state index contributed by atoms with van der Waals surface area (Å²) in [5.74, 6) is -0.0489. The number of fused-ring (bicyclic) bond motifs is 1. The molecule has 27 heavy (non-hydrogen) atoms.